The van der Waals surface area contributed by atoms with Gasteiger partial charge in [0.1, 0.15) is 11.5 Å². The van der Waals surface area contributed by atoms with E-state index >= 15 is 0 Å². The minimum atomic E-state index is -0.515. The Morgan fingerprint density at radius 3 is 2.64 bits per heavy atom. The lowest BCUT2D eigenvalue weighted by atomic mass is 9.84. The molecule has 0 saturated carbocycles. The van der Waals surface area contributed by atoms with E-state index in [0.29, 0.717) is 18.2 Å². The van der Waals surface area contributed by atoms with E-state index in [1.54, 1.807) is 0 Å². The fourth-order valence-corrected chi connectivity index (χ4v) is 5.87. The number of carbonyl (C=O) groups is 1. The SMILES string of the molecule is CC(C)n1c(CN2CCC3(CC2)CC2(CO3)NC(=O)c3ccccc3N2)nc2ccccc21. The van der Waals surface area contributed by atoms with Crippen LogP contribution >= 0.6 is 0 Å². The fourth-order valence-electron chi connectivity index (χ4n) is 5.87. The van der Waals surface area contributed by atoms with Crippen LogP contribution in [0, 0.1) is 0 Å². The molecule has 7 heteroatoms. The number of carbonyl (C=O) groups excluding carboxylic acids is 1. The van der Waals surface area contributed by atoms with E-state index < -0.39 is 5.66 Å². The summed E-state index contributed by atoms with van der Waals surface area (Å²) in [5.41, 5.74) is 3.16. The van der Waals surface area contributed by atoms with Gasteiger partial charge in [0.15, 0.2) is 0 Å². The molecule has 2 fully saturated rings. The fraction of sp³-hybridized carbons (Fsp3) is 0.462. The summed E-state index contributed by atoms with van der Waals surface area (Å²) in [4.78, 5) is 20.1. The molecule has 1 unspecified atom stereocenters. The van der Waals surface area contributed by atoms with Crippen LogP contribution in [-0.4, -0.2) is 51.3 Å². The molecule has 172 valence electrons. The highest BCUT2D eigenvalue weighted by Gasteiger charge is 2.53. The van der Waals surface area contributed by atoms with E-state index in [1.165, 1.54) is 5.52 Å². The Kier molecular flexibility index (Phi) is 4.74. The Morgan fingerprint density at radius 2 is 1.82 bits per heavy atom. The van der Waals surface area contributed by atoms with Crippen LogP contribution in [0.25, 0.3) is 11.0 Å². The van der Waals surface area contributed by atoms with Crippen LogP contribution in [0.4, 0.5) is 5.69 Å². The van der Waals surface area contributed by atoms with Gasteiger partial charge in [0, 0.05) is 31.2 Å². The van der Waals surface area contributed by atoms with Gasteiger partial charge in [0.05, 0.1) is 35.3 Å². The number of fused-ring (bicyclic) bond motifs is 2. The van der Waals surface area contributed by atoms with Gasteiger partial charge in [-0.2, -0.15) is 0 Å². The van der Waals surface area contributed by atoms with Gasteiger partial charge >= 0.3 is 0 Å². The zero-order valence-electron chi connectivity index (χ0n) is 19.3. The van der Waals surface area contributed by atoms with Gasteiger partial charge in [0.25, 0.3) is 5.91 Å². The highest BCUT2D eigenvalue weighted by Crippen LogP contribution is 2.43. The second-order valence-electron chi connectivity index (χ2n) is 10.1. The number of hydrogen-bond donors (Lipinski definition) is 2. The van der Waals surface area contributed by atoms with E-state index in [1.807, 2.05) is 24.3 Å². The summed E-state index contributed by atoms with van der Waals surface area (Å²) in [6.45, 7) is 7.70. The summed E-state index contributed by atoms with van der Waals surface area (Å²) in [5, 5.41) is 6.78. The first kappa shape index (κ1) is 20.7. The molecule has 4 heterocycles. The first-order valence-electron chi connectivity index (χ1n) is 12.0. The van der Waals surface area contributed by atoms with Gasteiger partial charge in [-0.05, 0) is 51.0 Å². The Balaban J connectivity index is 1.15. The van der Waals surface area contributed by atoms with Crippen LogP contribution in [-0.2, 0) is 11.3 Å². The maximum atomic E-state index is 12.7. The van der Waals surface area contributed by atoms with Crippen molar-refractivity contribution in [1.82, 2.24) is 19.8 Å². The number of amides is 1. The lowest BCUT2D eigenvalue weighted by molar-refractivity contribution is -0.0457. The summed E-state index contributed by atoms with van der Waals surface area (Å²) in [6, 6.07) is 16.5. The molecule has 6 rings (SSSR count). The molecule has 2 N–H and O–H groups in total. The zero-order valence-corrected chi connectivity index (χ0v) is 19.3. The molecule has 0 bridgehead atoms. The maximum absolute atomic E-state index is 12.7. The minimum Gasteiger partial charge on any atom is -0.370 e. The molecule has 3 aliphatic rings. The third-order valence-corrected chi connectivity index (χ3v) is 7.46. The number of nitrogens with zero attached hydrogens (tertiary/aromatic N) is 3. The zero-order chi connectivity index (χ0) is 22.6. The van der Waals surface area contributed by atoms with E-state index in [2.05, 4.69) is 58.2 Å². The molecule has 3 aromatic rings. The molecule has 1 atom stereocenters. The maximum Gasteiger partial charge on any atom is 0.255 e. The summed E-state index contributed by atoms with van der Waals surface area (Å²) in [5.74, 6) is 1.11. The topological polar surface area (TPSA) is 71.4 Å². The number of para-hydroxylation sites is 3. The molecule has 7 nitrogen and oxygen atoms in total. The first-order chi connectivity index (χ1) is 16.0. The van der Waals surface area contributed by atoms with Crippen LogP contribution < -0.4 is 10.6 Å². The molecule has 1 amide bonds. The average molecular weight is 446 g/mol. The Hall–Kier alpha value is -2.90. The summed E-state index contributed by atoms with van der Waals surface area (Å²) in [6.07, 6.45) is 2.70. The molecular weight excluding hydrogens is 414 g/mol. The van der Waals surface area contributed by atoms with Crippen molar-refractivity contribution in [2.75, 3.05) is 25.0 Å². The number of hydrogen-bond acceptors (Lipinski definition) is 5. The van der Waals surface area contributed by atoms with Crippen molar-refractivity contribution in [2.24, 2.45) is 0 Å². The lowest BCUT2D eigenvalue weighted by Gasteiger charge is -2.41. The molecular formula is C26H31N5O2. The molecule has 0 aliphatic carbocycles. The average Bonchev–Trinajstić information content (AvgIpc) is 3.33. The number of imidazole rings is 1. The number of benzene rings is 2. The standard InChI is InChI=1S/C26H31N5O2/c1-18(2)31-22-10-6-5-9-21(22)27-23(31)15-30-13-11-25(12-14-30)16-26(17-33-25)28-20-8-4-3-7-19(20)24(32)29-26/h3-10,18,28H,11-17H2,1-2H3,(H,29,32). The number of piperidine rings is 1. The number of likely N-dealkylation sites (tertiary alicyclic amines) is 1. The Morgan fingerprint density at radius 1 is 1.06 bits per heavy atom. The van der Waals surface area contributed by atoms with Gasteiger partial charge < -0.3 is 19.9 Å². The third kappa shape index (κ3) is 3.50. The quantitative estimate of drug-likeness (QED) is 0.639. The van der Waals surface area contributed by atoms with Crippen LogP contribution in [0.2, 0.25) is 0 Å². The van der Waals surface area contributed by atoms with E-state index in [-0.39, 0.29) is 11.5 Å². The van der Waals surface area contributed by atoms with Gasteiger partial charge in [-0.3, -0.25) is 9.69 Å². The summed E-state index contributed by atoms with van der Waals surface area (Å²) < 4.78 is 8.78. The molecule has 2 aromatic carbocycles. The lowest BCUT2D eigenvalue weighted by Crippen LogP contribution is -2.59. The summed E-state index contributed by atoms with van der Waals surface area (Å²) in [7, 11) is 0. The van der Waals surface area contributed by atoms with Crippen LogP contribution in [0.15, 0.2) is 48.5 Å². The highest BCUT2D eigenvalue weighted by molar-refractivity contribution is 6.02. The van der Waals surface area contributed by atoms with Crippen LogP contribution in [0.5, 0.6) is 0 Å². The van der Waals surface area contributed by atoms with Crippen molar-refractivity contribution in [3.8, 4) is 0 Å². The second kappa shape index (κ2) is 7.57. The number of aromatic nitrogens is 2. The number of rotatable bonds is 3. The normalized spacial score (nSPS) is 24.4. The van der Waals surface area contributed by atoms with Crippen LogP contribution in [0.1, 0.15) is 55.3 Å². The minimum absolute atomic E-state index is 0.0185. The highest BCUT2D eigenvalue weighted by atomic mass is 16.5. The number of anilines is 1. The molecule has 1 aromatic heterocycles. The smallest absolute Gasteiger partial charge is 0.255 e. The molecule has 2 saturated heterocycles. The monoisotopic (exact) mass is 445 g/mol. The number of nitrogens with one attached hydrogen (secondary N) is 2. The predicted molar refractivity (Wildman–Crippen MR) is 128 cm³/mol. The van der Waals surface area contributed by atoms with Gasteiger partial charge in [-0.15, -0.1) is 0 Å². The van der Waals surface area contributed by atoms with Gasteiger partial charge in [-0.25, -0.2) is 4.98 Å². The van der Waals surface area contributed by atoms with Gasteiger partial charge in [-0.1, -0.05) is 24.3 Å². The van der Waals surface area contributed by atoms with Crippen molar-refractivity contribution in [2.45, 2.75) is 57.0 Å². The Labute approximate surface area is 194 Å². The largest absolute Gasteiger partial charge is 0.370 e. The van der Waals surface area contributed by atoms with Crippen LogP contribution in [0.3, 0.4) is 0 Å². The summed E-state index contributed by atoms with van der Waals surface area (Å²) >= 11 is 0. The Bertz CT molecular complexity index is 1210. The van der Waals surface area contributed by atoms with Crippen molar-refractivity contribution < 1.29 is 9.53 Å². The molecule has 3 aliphatic heterocycles. The van der Waals surface area contributed by atoms with Crippen molar-refractivity contribution >= 4 is 22.6 Å². The van der Waals surface area contributed by atoms with Gasteiger partial charge in [0.2, 0.25) is 0 Å². The first-order valence-corrected chi connectivity index (χ1v) is 12.0. The van der Waals surface area contributed by atoms with E-state index in [0.717, 1.165) is 55.9 Å². The molecule has 0 radical (unpaired) electrons. The van der Waals surface area contributed by atoms with Crippen molar-refractivity contribution in [3.05, 3.63) is 59.9 Å². The molecule has 2 spiro atoms. The molecule has 33 heavy (non-hydrogen) atoms. The van der Waals surface area contributed by atoms with E-state index in [9.17, 15) is 4.79 Å². The van der Waals surface area contributed by atoms with Crippen molar-refractivity contribution in [1.29, 1.82) is 0 Å². The third-order valence-electron chi connectivity index (χ3n) is 7.46. The predicted octanol–water partition coefficient (Wildman–Crippen LogP) is 3.92. The number of ether oxygens (including phenoxy) is 1. The van der Waals surface area contributed by atoms with E-state index in [4.69, 9.17) is 9.72 Å². The van der Waals surface area contributed by atoms with Crippen molar-refractivity contribution in [3.63, 3.8) is 0 Å². The second-order valence-corrected chi connectivity index (χ2v) is 10.1.